The molecule has 0 spiro atoms. The van der Waals surface area contributed by atoms with Crippen molar-refractivity contribution in [3.63, 3.8) is 0 Å². The zero-order chi connectivity index (χ0) is 21.1. The number of ketones is 1. The maximum Gasteiger partial charge on any atom is 0.263 e. The molecule has 29 heavy (non-hydrogen) atoms. The molecule has 0 radical (unpaired) electrons. The van der Waals surface area contributed by atoms with Gasteiger partial charge in [-0.3, -0.25) is 14.2 Å². The lowest BCUT2D eigenvalue weighted by atomic mass is 10.1. The number of methoxy groups -OCH3 is 2. The maximum absolute atomic E-state index is 13.0. The molecule has 3 rings (SSSR count). The van der Waals surface area contributed by atoms with Gasteiger partial charge in [-0.25, -0.2) is 4.98 Å². The van der Waals surface area contributed by atoms with Gasteiger partial charge >= 0.3 is 0 Å². The number of hydrogen-bond donors (Lipinski definition) is 0. The molecule has 3 aromatic rings. The Morgan fingerprint density at radius 3 is 2.72 bits per heavy atom. The average Bonchev–Trinajstić information content (AvgIpc) is 3.01. The fourth-order valence-corrected chi connectivity index (χ4v) is 4.91. The quantitative estimate of drug-likeness (QED) is 0.230. The highest BCUT2D eigenvalue weighted by Crippen LogP contribution is 2.30. The van der Waals surface area contributed by atoms with Crippen LogP contribution in [0.5, 0.6) is 11.5 Å². The van der Waals surface area contributed by atoms with Crippen LogP contribution in [-0.4, -0.2) is 35.3 Å². The molecule has 0 aliphatic heterocycles. The van der Waals surface area contributed by atoms with E-state index in [0.717, 1.165) is 10.4 Å². The first-order valence-corrected chi connectivity index (χ1v) is 10.7. The van der Waals surface area contributed by atoms with Crippen molar-refractivity contribution in [1.82, 2.24) is 9.55 Å². The van der Waals surface area contributed by atoms with Gasteiger partial charge in [0.05, 0.1) is 30.9 Å². The van der Waals surface area contributed by atoms with Crippen molar-refractivity contribution in [2.24, 2.45) is 0 Å². The summed E-state index contributed by atoms with van der Waals surface area (Å²) in [5.41, 5.74) is 1.31. The fraction of sp³-hybridized carbons (Fsp3) is 0.286. The van der Waals surface area contributed by atoms with Crippen molar-refractivity contribution < 1.29 is 14.3 Å². The number of benzene rings is 1. The predicted octanol–water partition coefficient (Wildman–Crippen LogP) is 4.25. The molecule has 0 fully saturated rings. The van der Waals surface area contributed by atoms with Gasteiger partial charge in [0.2, 0.25) is 0 Å². The van der Waals surface area contributed by atoms with Crippen LogP contribution in [-0.2, 0) is 6.54 Å². The Morgan fingerprint density at radius 2 is 2.07 bits per heavy atom. The van der Waals surface area contributed by atoms with Crippen LogP contribution in [0.15, 0.2) is 40.8 Å². The monoisotopic (exact) mass is 430 g/mol. The van der Waals surface area contributed by atoms with E-state index in [-0.39, 0.29) is 17.1 Å². The minimum atomic E-state index is -0.118. The van der Waals surface area contributed by atoms with Crippen molar-refractivity contribution in [3.05, 3.63) is 57.2 Å². The Balaban J connectivity index is 1.94. The SMILES string of the molecule is C=CCn1c(SCC(=O)c2ccc(OC)cc2OC)nc2sc(C)c(C)c2c1=O. The smallest absolute Gasteiger partial charge is 0.263 e. The lowest BCUT2D eigenvalue weighted by Crippen LogP contribution is -2.23. The highest BCUT2D eigenvalue weighted by molar-refractivity contribution is 7.99. The molecule has 0 N–H and O–H groups in total. The summed E-state index contributed by atoms with van der Waals surface area (Å²) >= 11 is 2.73. The van der Waals surface area contributed by atoms with Crippen molar-refractivity contribution in [3.8, 4) is 11.5 Å². The van der Waals surface area contributed by atoms with Gasteiger partial charge < -0.3 is 9.47 Å². The van der Waals surface area contributed by atoms with E-state index in [2.05, 4.69) is 11.6 Å². The Labute approximate surface area is 177 Å². The zero-order valence-corrected chi connectivity index (χ0v) is 18.4. The number of carbonyl (C=O) groups excluding carboxylic acids is 1. The Kier molecular flexibility index (Phi) is 6.44. The summed E-state index contributed by atoms with van der Waals surface area (Å²) in [5.74, 6) is 1.07. The van der Waals surface area contributed by atoms with Gasteiger partial charge in [0.25, 0.3) is 5.56 Å². The van der Waals surface area contributed by atoms with Crippen molar-refractivity contribution in [1.29, 1.82) is 0 Å². The summed E-state index contributed by atoms with van der Waals surface area (Å²) in [6, 6.07) is 5.07. The summed E-state index contributed by atoms with van der Waals surface area (Å²) in [6.45, 7) is 7.98. The number of rotatable bonds is 8. The van der Waals surface area contributed by atoms with Gasteiger partial charge in [0.15, 0.2) is 10.9 Å². The molecule has 0 bridgehead atoms. The number of thiophene rings is 1. The van der Waals surface area contributed by atoms with E-state index >= 15 is 0 Å². The summed E-state index contributed by atoms with van der Waals surface area (Å²) in [4.78, 5) is 32.2. The van der Waals surface area contributed by atoms with E-state index in [4.69, 9.17) is 9.47 Å². The van der Waals surface area contributed by atoms with Gasteiger partial charge in [0, 0.05) is 17.5 Å². The van der Waals surface area contributed by atoms with E-state index in [1.807, 2.05) is 13.8 Å². The first kappa shape index (κ1) is 21.1. The minimum absolute atomic E-state index is 0.103. The van der Waals surface area contributed by atoms with Crippen LogP contribution in [0.1, 0.15) is 20.8 Å². The summed E-state index contributed by atoms with van der Waals surface area (Å²) < 4.78 is 12.1. The van der Waals surface area contributed by atoms with E-state index in [0.29, 0.717) is 39.0 Å². The van der Waals surface area contributed by atoms with Gasteiger partial charge in [-0.1, -0.05) is 17.8 Å². The second-order valence-corrected chi connectivity index (χ2v) is 8.49. The first-order valence-electron chi connectivity index (χ1n) is 8.90. The predicted molar refractivity (Wildman–Crippen MR) is 118 cm³/mol. The summed E-state index contributed by atoms with van der Waals surface area (Å²) in [6.07, 6.45) is 1.65. The number of aromatic nitrogens is 2. The Morgan fingerprint density at radius 1 is 1.31 bits per heavy atom. The molecule has 8 heteroatoms. The van der Waals surface area contributed by atoms with Crippen LogP contribution in [0.25, 0.3) is 10.2 Å². The van der Waals surface area contributed by atoms with Crippen molar-refractivity contribution in [2.45, 2.75) is 25.5 Å². The molecule has 6 nitrogen and oxygen atoms in total. The van der Waals surface area contributed by atoms with Crippen molar-refractivity contribution in [2.75, 3.05) is 20.0 Å². The van der Waals surface area contributed by atoms with Gasteiger partial charge in [-0.05, 0) is 31.5 Å². The molecular weight excluding hydrogens is 408 g/mol. The van der Waals surface area contributed by atoms with Crippen LogP contribution in [0.4, 0.5) is 0 Å². The molecule has 0 aliphatic rings. The Hall–Kier alpha value is -2.58. The summed E-state index contributed by atoms with van der Waals surface area (Å²) in [7, 11) is 3.07. The second-order valence-electron chi connectivity index (χ2n) is 6.34. The molecule has 152 valence electrons. The molecule has 2 aromatic heterocycles. The van der Waals surface area contributed by atoms with Crippen LogP contribution in [0.2, 0.25) is 0 Å². The number of nitrogens with zero attached hydrogens (tertiary/aromatic N) is 2. The number of Topliss-reactive ketones (excluding diaryl/α,β-unsaturated/α-hetero) is 1. The topological polar surface area (TPSA) is 70.4 Å². The molecule has 0 saturated heterocycles. The third-order valence-electron chi connectivity index (χ3n) is 4.61. The molecule has 2 heterocycles. The Bertz CT molecular complexity index is 1150. The number of fused-ring (bicyclic) bond motifs is 1. The molecular formula is C21H22N2O4S2. The lowest BCUT2D eigenvalue weighted by Gasteiger charge is -2.11. The van der Waals surface area contributed by atoms with E-state index in [1.54, 1.807) is 36.0 Å². The molecule has 1 aromatic carbocycles. The highest BCUT2D eigenvalue weighted by Gasteiger charge is 2.19. The highest BCUT2D eigenvalue weighted by atomic mass is 32.2. The van der Waals surface area contributed by atoms with Gasteiger partial charge in [-0.2, -0.15) is 0 Å². The largest absolute Gasteiger partial charge is 0.497 e. The maximum atomic E-state index is 13.0. The number of hydrogen-bond acceptors (Lipinski definition) is 7. The summed E-state index contributed by atoms with van der Waals surface area (Å²) in [5, 5.41) is 1.14. The number of allylic oxidation sites excluding steroid dienone is 1. The molecule has 0 saturated carbocycles. The van der Waals surface area contributed by atoms with Crippen LogP contribution in [0.3, 0.4) is 0 Å². The van der Waals surface area contributed by atoms with Gasteiger partial charge in [0.1, 0.15) is 16.3 Å². The van der Waals surface area contributed by atoms with Crippen LogP contribution < -0.4 is 15.0 Å². The second kappa shape index (κ2) is 8.84. The number of thioether (sulfide) groups is 1. The molecule has 0 aliphatic carbocycles. The first-order chi connectivity index (χ1) is 13.9. The minimum Gasteiger partial charge on any atom is -0.497 e. The number of aryl methyl sites for hydroxylation is 2. The zero-order valence-electron chi connectivity index (χ0n) is 16.8. The third-order valence-corrected chi connectivity index (χ3v) is 6.68. The number of carbonyl (C=O) groups is 1. The van der Waals surface area contributed by atoms with Crippen LogP contribution >= 0.6 is 23.1 Å². The standard InChI is InChI=1S/C21H22N2O4S2/c1-6-9-23-20(25)18-12(2)13(3)29-19(18)22-21(23)28-11-16(24)15-8-7-14(26-4)10-17(15)27-5/h6-8,10H,1,9,11H2,2-5H3. The average molecular weight is 431 g/mol. The molecule has 0 unspecified atom stereocenters. The van der Waals surface area contributed by atoms with Crippen molar-refractivity contribution >= 4 is 39.1 Å². The van der Waals surface area contributed by atoms with E-state index < -0.39 is 0 Å². The molecule has 0 atom stereocenters. The fourth-order valence-electron chi connectivity index (χ4n) is 2.95. The lowest BCUT2D eigenvalue weighted by molar-refractivity contribution is 0.101. The van der Waals surface area contributed by atoms with Crippen LogP contribution in [0, 0.1) is 13.8 Å². The molecule has 0 amide bonds. The third kappa shape index (κ3) is 4.09. The van der Waals surface area contributed by atoms with E-state index in [9.17, 15) is 9.59 Å². The normalized spacial score (nSPS) is 10.9. The van der Waals surface area contributed by atoms with E-state index in [1.165, 1.54) is 30.2 Å². The van der Waals surface area contributed by atoms with Gasteiger partial charge in [-0.15, -0.1) is 17.9 Å². The number of ether oxygens (including phenoxy) is 2.